The second-order valence-electron chi connectivity index (χ2n) is 5.45. The minimum absolute atomic E-state index is 0.110. The summed E-state index contributed by atoms with van der Waals surface area (Å²) in [5.74, 6) is -1.02. The summed E-state index contributed by atoms with van der Waals surface area (Å²) in [7, 11) is 4.31. The van der Waals surface area contributed by atoms with Gasteiger partial charge in [0.25, 0.3) is 5.91 Å². The first kappa shape index (κ1) is 19.1. The van der Waals surface area contributed by atoms with Gasteiger partial charge in [-0.25, -0.2) is 0 Å². The quantitative estimate of drug-likeness (QED) is 0.750. The summed E-state index contributed by atoms with van der Waals surface area (Å²) in [6.45, 7) is 0. The van der Waals surface area contributed by atoms with Crippen molar-refractivity contribution in [3.8, 4) is 17.2 Å². The predicted octanol–water partition coefficient (Wildman–Crippen LogP) is 0.803. The summed E-state index contributed by atoms with van der Waals surface area (Å²) < 4.78 is 15.6. The fourth-order valence-corrected chi connectivity index (χ4v) is 2.50. The summed E-state index contributed by atoms with van der Waals surface area (Å²) >= 11 is 0. The number of hydrogen-bond donors (Lipinski definition) is 1. The minimum Gasteiger partial charge on any atom is -0.548 e. The van der Waals surface area contributed by atoms with E-state index in [-0.39, 0.29) is 12.0 Å². The Bertz CT molecular complexity index is 750. The molecule has 0 fully saturated rings. The van der Waals surface area contributed by atoms with Crippen LogP contribution in [-0.4, -0.2) is 39.2 Å². The largest absolute Gasteiger partial charge is 0.548 e. The molecule has 2 aromatic rings. The van der Waals surface area contributed by atoms with Crippen molar-refractivity contribution in [1.29, 1.82) is 0 Å². The molecule has 0 aromatic heterocycles. The second-order valence-corrected chi connectivity index (χ2v) is 5.45. The third kappa shape index (κ3) is 4.44. The highest BCUT2D eigenvalue weighted by molar-refractivity contribution is 5.97. The zero-order valence-corrected chi connectivity index (χ0v) is 14.8. The average Bonchev–Trinajstić information content (AvgIpc) is 2.66. The lowest BCUT2D eigenvalue weighted by atomic mass is 10.1. The molecule has 0 radical (unpaired) electrons. The van der Waals surface area contributed by atoms with Crippen LogP contribution in [0, 0.1) is 0 Å². The first-order chi connectivity index (χ1) is 12.5. The number of methoxy groups -OCH3 is 3. The van der Waals surface area contributed by atoms with Crippen LogP contribution in [0.25, 0.3) is 0 Å². The Morgan fingerprint density at radius 3 is 2.04 bits per heavy atom. The van der Waals surface area contributed by atoms with E-state index in [0.29, 0.717) is 17.2 Å². The lowest BCUT2D eigenvalue weighted by Gasteiger charge is -2.20. The number of rotatable bonds is 8. The van der Waals surface area contributed by atoms with E-state index in [1.807, 2.05) is 6.07 Å². The Morgan fingerprint density at radius 1 is 1.00 bits per heavy atom. The van der Waals surface area contributed by atoms with Crippen LogP contribution in [-0.2, 0) is 11.2 Å². The fourth-order valence-electron chi connectivity index (χ4n) is 2.50. The van der Waals surface area contributed by atoms with Crippen LogP contribution in [0.2, 0.25) is 0 Å². The molecule has 0 aliphatic heterocycles. The topological polar surface area (TPSA) is 96.9 Å². The molecule has 0 saturated carbocycles. The second kappa shape index (κ2) is 8.75. The van der Waals surface area contributed by atoms with Gasteiger partial charge in [0.1, 0.15) is 0 Å². The molecule has 2 aromatic carbocycles. The number of nitrogens with one attached hydrogen (secondary N) is 1. The molecule has 0 aliphatic carbocycles. The SMILES string of the molecule is COc1cc(C(=O)N[C@H](Cc2ccccc2)C(=O)[O-])cc(OC)c1OC. The molecule has 2 rings (SSSR count). The van der Waals surface area contributed by atoms with Gasteiger partial charge in [0, 0.05) is 5.56 Å². The van der Waals surface area contributed by atoms with Crippen molar-refractivity contribution in [2.45, 2.75) is 12.5 Å². The average molecular weight is 358 g/mol. The van der Waals surface area contributed by atoms with Gasteiger partial charge >= 0.3 is 0 Å². The number of aliphatic carboxylic acids is 1. The maximum absolute atomic E-state index is 12.5. The van der Waals surface area contributed by atoms with Crippen molar-refractivity contribution in [3.05, 3.63) is 53.6 Å². The summed E-state index contributed by atoms with van der Waals surface area (Å²) in [6, 6.07) is 10.7. The molecule has 0 saturated heterocycles. The number of amides is 1. The first-order valence-electron chi connectivity index (χ1n) is 7.85. The Labute approximate surface area is 151 Å². The summed E-state index contributed by atoms with van der Waals surface area (Å²) in [6.07, 6.45) is 0.110. The lowest BCUT2D eigenvalue weighted by Crippen LogP contribution is -2.49. The number of benzene rings is 2. The number of carboxylic acid groups (broad SMARTS) is 1. The fraction of sp³-hybridized carbons (Fsp3) is 0.263. The Morgan fingerprint density at radius 2 is 1.58 bits per heavy atom. The van der Waals surface area contributed by atoms with Crippen molar-refractivity contribution < 1.29 is 28.9 Å². The molecule has 1 N–H and O–H groups in total. The molecule has 0 unspecified atom stereocenters. The third-order valence-electron chi connectivity index (χ3n) is 3.80. The third-order valence-corrected chi connectivity index (χ3v) is 3.80. The Balaban J connectivity index is 2.25. The molecule has 1 atom stereocenters. The molecule has 138 valence electrons. The Hall–Kier alpha value is -3.22. The van der Waals surface area contributed by atoms with E-state index in [4.69, 9.17) is 14.2 Å². The molecule has 0 aliphatic rings. The van der Waals surface area contributed by atoms with E-state index in [2.05, 4.69) is 5.32 Å². The zero-order chi connectivity index (χ0) is 19.1. The van der Waals surface area contributed by atoms with E-state index in [1.165, 1.54) is 33.5 Å². The van der Waals surface area contributed by atoms with Crippen LogP contribution < -0.4 is 24.6 Å². The highest BCUT2D eigenvalue weighted by atomic mass is 16.5. The van der Waals surface area contributed by atoms with Crippen LogP contribution >= 0.6 is 0 Å². The van der Waals surface area contributed by atoms with Crippen molar-refractivity contribution >= 4 is 11.9 Å². The minimum atomic E-state index is -1.37. The number of carboxylic acids is 1. The van der Waals surface area contributed by atoms with Crippen LogP contribution in [0.5, 0.6) is 17.2 Å². The molecule has 0 spiro atoms. The van der Waals surface area contributed by atoms with Gasteiger partial charge in [-0.15, -0.1) is 0 Å². The monoisotopic (exact) mass is 358 g/mol. The maximum atomic E-state index is 12.5. The highest BCUT2D eigenvalue weighted by Gasteiger charge is 2.20. The molecule has 0 heterocycles. The molecule has 26 heavy (non-hydrogen) atoms. The number of carbonyl (C=O) groups excluding carboxylic acids is 2. The standard InChI is InChI=1S/C19H21NO6/c1-24-15-10-13(11-16(25-2)17(15)26-3)18(21)20-14(19(22)23)9-12-7-5-4-6-8-12/h4-8,10-11,14H,9H2,1-3H3,(H,20,21)(H,22,23)/p-1/t14-/m1/s1. The van der Waals surface area contributed by atoms with Gasteiger partial charge in [0.15, 0.2) is 11.5 Å². The van der Waals surface area contributed by atoms with Crippen LogP contribution in [0.4, 0.5) is 0 Å². The van der Waals surface area contributed by atoms with E-state index in [9.17, 15) is 14.7 Å². The smallest absolute Gasteiger partial charge is 0.252 e. The van der Waals surface area contributed by atoms with Gasteiger partial charge in [-0.1, -0.05) is 30.3 Å². The number of carbonyl (C=O) groups is 2. The van der Waals surface area contributed by atoms with Gasteiger partial charge in [0.2, 0.25) is 5.75 Å². The van der Waals surface area contributed by atoms with Crippen LogP contribution in [0.1, 0.15) is 15.9 Å². The molecule has 1 amide bonds. The van der Waals surface area contributed by atoms with E-state index in [1.54, 1.807) is 24.3 Å². The molecule has 7 nitrogen and oxygen atoms in total. The lowest BCUT2D eigenvalue weighted by molar-refractivity contribution is -0.308. The van der Waals surface area contributed by atoms with Crippen molar-refractivity contribution in [3.63, 3.8) is 0 Å². The van der Waals surface area contributed by atoms with Crippen LogP contribution in [0.3, 0.4) is 0 Å². The van der Waals surface area contributed by atoms with Gasteiger partial charge < -0.3 is 29.4 Å². The van der Waals surface area contributed by atoms with Crippen molar-refractivity contribution in [2.24, 2.45) is 0 Å². The summed E-state index contributed by atoms with van der Waals surface area (Å²) in [4.78, 5) is 24.0. The number of ether oxygens (including phenoxy) is 3. The highest BCUT2D eigenvalue weighted by Crippen LogP contribution is 2.38. The maximum Gasteiger partial charge on any atom is 0.252 e. The predicted molar refractivity (Wildman–Crippen MR) is 92.5 cm³/mol. The zero-order valence-electron chi connectivity index (χ0n) is 14.8. The van der Waals surface area contributed by atoms with Crippen molar-refractivity contribution in [1.82, 2.24) is 5.32 Å². The van der Waals surface area contributed by atoms with Gasteiger partial charge in [-0.05, 0) is 24.1 Å². The van der Waals surface area contributed by atoms with E-state index < -0.39 is 17.9 Å². The first-order valence-corrected chi connectivity index (χ1v) is 7.85. The number of hydrogen-bond acceptors (Lipinski definition) is 6. The Kier molecular flexibility index (Phi) is 6.43. The normalized spacial score (nSPS) is 11.3. The summed E-state index contributed by atoms with van der Waals surface area (Å²) in [5, 5.41) is 13.9. The van der Waals surface area contributed by atoms with Gasteiger partial charge in [-0.2, -0.15) is 0 Å². The van der Waals surface area contributed by atoms with Gasteiger partial charge in [-0.3, -0.25) is 4.79 Å². The van der Waals surface area contributed by atoms with E-state index >= 15 is 0 Å². The van der Waals surface area contributed by atoms with Gasteiger partial charge in [0.05, 0.1) is 33.3 Å². The summed E-state index contributed by atoms with van der Waals surface area (Å²) in [5.41, 5.74) is 0.950. The van der Waals surface area contributed by atoms with Crippen molar-refractivity contribution in [2.75, 3.05) is 21.3 Å². The molecular weight excluding hydrogens is 338 g/mol. The molecule has 0 bridgehead atoms. The van der Waals surface area contributed by atoms with Crippen LogP contribution in [0.15, 0.2) is 42.5 Å². The molecular formula is C19H20NO6-. The molecule has 7 heteroatoms. The van der Waals surface area contributed by atoms with E-state index in [0.717, 1.165) is 5.56 Å².